The van der Waals surface area contributed by atoms with Crippen molar-refractivity contribution in [2.45, 2.75) is 31.3 Å². The molecule has 1 saturated carbocycles. The summed E-state index contributed by atoms with van der Waals surface area (Å²) in [5.41, 5.74) is 2.68. The molecule has 4 rings (SSSR count). The summed E-state index contributed by atoms with van der Waals surface area (Å²) in [6.45, 7) is 0.704. The fourth-order valence-electron chi connectivity index (χ4n) is 4.17. The van der Waals surface area contributed by atoms with Gasteiger partial charge in [0, 0.05) is 11.8 Å². The van der Waals surface area contributed by atoms with Gasteiger partial charge in [-0.2, -0.15) is 0 Å². The number of hydrogen-bond acceptors (Lipinski definition) is 2. The van der Waals surface area contributed by atoms with Gasteiger partial charge < -0.3 is 10.1 Å². The third-order valence-electron chi connectivity index (χ3n) is 5.09. The van der Waals surface area contributed by atoms with Crippen LogP contribution in [0, 0.1) is 11.8 Å². The highest BCUT2D eigenvalue weighted by atomic mass is 16.6. The lowest BCUT2D eigenvalue weighted by atomic mass is 9.82. The summed E-state index contributed by atoms with van der Waals surface area (Å²) in [5, 5.41) is 2.87. The van der Waals surface area contributed by atoms with E-state index < -0.39 is 0 Å². The lowest BCUT2D eigenvalue weighted by molar-refractivity contribution is -0.00713. The summed E-state index contributed by atoms with van der Waals surface area (Å²) < 4.78 is 5.74. The Morgan fingerprint density at radius 3 is 2.22 bits per heavy atom. The Hall–Kier alpha value is -1.51. The van der Waals surface area contributed by atoms with Crippen molar-refractivity contribution in [3.63, 3.8) is 0 Å². The summed E-state index contributed by atoms with van der Waals surface area (Å²) >= 11 is 0. The van der Waals surface area contributed by atoms with E-state index >= 15 is 0 Å². The Labute approximate surface area is 107 Å². The second kappa shape index (κ2) is 3.50. The van der Waals surface area contributed by atoms with Gasteiger partial charge in [-0.3, -0.25) is 0 Å². The number of fused-ring (bicyclic) bond motifs is 1. The Morgan fingerprint density at radius 2 is 1.72 bits per heavy atom. The zero-order valence-electron chi connectivity index (χ0n) is 10.3. The lowest BCUT2D eigenvalue weighted by Crippen LogP contribution is -2.43. The van der Waals surface area contributed by atoms with Crippen LogP contribution in [0.25, 0.3) is 0 Å². The molecule has 3 nitrogen and oxygen atoms in total. The van der Waals surface area contributed by atoms with Gasteiger partial charge in [-0.15, -0.1) is 0 Å². The minimum Gasteiger partial charge on any atom is -0.440 e. The van der Waals surface area contributed by atoms with Crippen molar-refractivity contribution in [2.24, 2.45) is 11.8 Å². The van der Waals surface area contributed by atoms with Crippen LogP contribution in [0.5, 0.6) is 0 Å². The molecule has 0 aromatic heterocycles. The molecule has 2 unspecified atom stereocenters. The number of benzene rings is 1. The molecule has 1 aromatic rings. The van der Waals surface area contributed by atoms with Crippen LogP contribution in [0.15, 0.2) is 24.3 Å². The SMILES string of the molecule is O=C1NCC2(O1)C1CCC2Cc2ccccc2C1. The molecule has 2 bridgehead atoms. The maximum absolute atomic E-state index is 11.5. The van der Waals surface area contributed by atoms with Crippen LogP contribution >= 0.6 is 0 Å². The minimum absolute atomic E-state index is 0.224. The van der Waals surface area contributed by atoms with Gasteiger partial charge in [-0.05, 0) is 36.8 Å². The van der Waals surface area contributed by atoms with Crippen LogP contribution < -0.4 is 5.32 Å². The predicted molar refractivity (Wildman–Crippen MR) is 67.3 cm³/mol. The highest BCUT2D eigenvalue weighted by molar-refractivity contribution is 5.70. The van der Waals surface area contributed by atoms with Crippen molar-refractivity contribution in [1.29, 1.82) is 0 Å². The van der Waals surface area contributed by atoms with Gasteiger partial charge >= 0.3 is 6.09 Å². The van der Waals surface area contributed by atoms with E-state index in [4.69, 9.17) is 4.74 Å². The largest absolute Gasteiger partial charge is 0.440 e. The van der Waals surface area contributed by atoms with E-state index in [1.807, 2.05) is 0 Å². The number of ether oxygens (including phenoxy) is 1. The van der Waals surface area contributed by atoms with Crippen LogP contribution in [0.1, 0.15) is 24.0 Å². The van der Waals surface area contributed by atoms with E-state index in [9.17, 15) is 4.79 Å². The second-order valence-corrected chi connectivity index (χ2v) is 5.85. The maximum Gasteiger partial charge on any atom is 0.407 e. The topological polar surface area (TPSA) is 38.3 Å². The number of alkyl carbamates (subject to hydrolysis) is 1. The van der Waals surface area contributed by atoms with E-state index in [1.165, 1.54) is 24.0 Å². The second-order valence-electron chi connectivity index (χ2n) is 5.85. The highest BCUT2D eigenvalue weighted by Gasteiger charge is 2.57. The van der Waals surface area contributed by atoms with Gasteiger partial charge in [0.25, 0.3) is 0 Å². The Morgan fingerprint density at radius 1 is 1.11 bits per heavy atom. The first kappa shape index (κ1) is 10.4. The van der Waals surface area contributed by atoms with Gasteiger partial charge in [0.15, 0.2) is 0 Å². The molecule has 2 aliphatic carbocycles. The average molecular weight is 243 g/mol. The fraction of sp³-hybridized carbons (Fsp3) is 0.533. The van der Waals surface area contributed by atoms with Crippen molar-refractivity contribution in [3.05, 3.63) is 35.4 Å². The average Bonchev–Trinajstić information content (AvgIpc) is 2.83. The molecule has 1 aliphatic heterocycles. The van der Waals surface area contributed by atoms with Crippen molar-refractivity contribution >= 4 is 6.09 Å². The normalized spacial score (nSPS) is 37.0. The fourth-order valence-corrected chi connectivity index (χ4v) is 4.17. The van der Waals surface area contributed by atoms with E-state index in [0.717, 1.165) is 12.8 Å². The molecule has 18 heavy (non-hydrogen) atoms. The van der Waals surface area contributed by atoms with E-state index in [2.05, 4.69) is 29.6 Å². The van der Waals surface area contributed by atoms with Gasteiger partial charge in [0.1, 0.15) is 5.60 Å². The summed E-state index contributed by atoms with van der Waals surface area (Å²) in [6.07, 6.45) is 4.27. The molecule has 2 fully saturated rings. The molecule has 2 atom stereocenters. The summed E-state index contributed by atoms with van der Waals surface area (Å²) in [4.78, 5) is 11.5. The van der Waals surface area contributed by atoms with Crippen molar-refractivity contribution in [2.75, 3.05) is 6.54 Å². The molecular formula is C15H17NO2. The molecule has 3 heteroatoms. The summed E-state index contributed by atoms with van der Waals surface area (Å²) in [6, 6.07) is 8.69. The van der Waals surface area contributed by atoms with Gasteiger partial charge in [0.2, 0.25) is 0 Å². The third kappa shape index (κ3) is 1.27. The van der Waals surface area contributed by atoms with Crippen molar-refractivity contribution < 1.29 is 9.53 Å². The molecular weight excluding hydrogens is 226 g/mol. The molecule has 94 valence electrons. The first-order valence-corrected chi connectivity index (χ1v) is 6.81. The monoisotopic (exact) mass is 243 g/mol. The molecule has 1 N–H and O–H groups in total. The van der Waals surface area contributed by atoms with Crippen molar-refractivity contribution in [3.8, 4) is 0 Å². The first-order valence-electron chi connectivity index (χ1n) is 6.81. The number of hydrogen-bond donors (Lipinski definition) is 1. The Kier molecular flexibility index (Phi) is 2.02. The first-order chi connectivity index (χ1) is 8.78. The molecule has 1 aromatic carbocycles. The Bertz CT molecular complexity index is 478. The standard InChI is InChI=1S/C15H17NO2/c17-14-16-9-15(18-14)12-5-6-13(15)8-11-4-2-1-3-10(11)7-12/h1-4,12-13H,5-9H2,(H,16,17). The van der Waals surface area contributed by atoms with E-state index in [0.29, 0.717) is 18.4 Å². The highest BCUT2D eigenvalue weighted by Crippen LogP contribution is 2.50. The molecule has 1 spiro atoms. The molecule has 1 heterocycles. The third-order valence-corrected chi connectivity index (χ3v) is 5.09. The summed E-state index contributed by atoms with van der Waals surface area (Å²) in [5.74, 6) is 0.982. The number of amides is 1. The number of carbonyl (C=O) groups is 1. The van der Waals surface area contributed by atoms with Crippen molar-refractivity contribution in [1.82, 2.24) is 5.32 Å². The number of carbonyl (C=O) groups excluding carboxylic acids is 1. The minimum atomic E-state index is -0.226. The molecule has 1 saturated heterocycles. The van der Waals surface area contributed by atoms with Crippen LogP contribution in [-0.4, -0.2) is 18.2 Å². The van der Waals surface area contributed by atoms with Gasteiger partial charge in [0.05, 0.1) is 6.54 Å². The quantitative estimate of drug-likeness (QED) is 0.759. The summed E-state index contributed by atoms with van der Waals surface area (Å²) in [7, 11) is 0. The van der Waals surface area contributed by atoms with E-state index in [-0.39, 0.29) is 11.7 Å². The van der Waals surface area contributed by atoms with Crippen LogP contribution in [0.4, 0.5) is 4.79 Å². The zero-order valence-corrected chi connectivity index (χ0v) is 10.3. The number of nitrogens with one attached hydrogen (secondary N) is 1. The van der Waals surface area contributed by atoms with Gasteiger partial charge in [-0.1, -0.05) is 24.3 Å². The predicted octanol–water partition coefficient (Wildman–Crippen LogP) is 2.29. The van der Waals surface area contributed by atoms with Crippen LogP contribution in [0.2, 0.25) is 0 Å². The molecule has 3 aliphatic rings. The van der Waals surface area contributed by atoms with E-state index in [1.54, 1.807) is 0 Å². The molecule has 1 amide bonds. The Balaban J connectivity index is 1.77. The smallest absolute Gasteiger partial charge is 0.407 e. The lowest BCUT2D eigenvalue weighted by Gasteiger charge is -2.32. The number of rotatable bonds is 0. The maximum atomic E-state index is 11.5. The van der Waals surface area contributed by atoms with Gasteiger partial charge in [-0.25, -0.2) is 4.79 Å². The zero-order chi connectivity index (χ0) is 12.2. The van der Waals surface area contributed by atoms with Crippen LogP contribution in [0.3, 0.4) is 0 Å². The van der Waals surface area contributed by atoms with Crippen LogP contribution in [-0.2, 0) is 17.6 Å². The molecule has 0 radical (unpaired) electrons.